The van der Waals surface area contributed by atoms with Crippen molar-refractivity contribution in [3.8, 4) is 0 Å². The Morgan fingerprint density at radius 3 is 2.15 bits per heavy atom. The fraction of sp³-hybridized carbons (Fsp3) is 0.960. The average Bonchev–Trinajstić information content (AvgIpc) is 2.74. The highest BCUT2D eigenvalue weighted by Crippen LogP contribution is 2.61. The molecule has 0 amide bonds. The molecule has 0 saturated heterocycles. The predicted molar refractivity (Wildman–Crippen MR) is 109 cm³/mol. The SMILES string of the molecule is CC[C@]1(OCC(=O)CC23CC4CC(CC(C4)C2)C3)CC[C@@H]2CCC[C@@H](C2)C1. The zero-order valence-corrected chi connectivity index (χ0v) is 17.5. The van der Waals surface area contributed by atoms with Crippen LogP contribution in [0.25, 0.3) is 0 Å². The van der Waals surface area contributed by atoms with E-state index in [1.807, 2.05) is 0 Å². The van der Waals surface area contributed by atoms with Crippen LogP contribution in [0.4, 0.5) is 0 Å². The summed E-state index contributed by atoms with van der Waals surface area (Å²) in [4.78, 5) is 13.0. The lowest BCUT2D eigenvalue weighted by Crippen LogP contribution is -2.47. The van der Waals surface area contributed by atoms with Crippen molar-refractivity contribution in [3.63, 3.8) is 0 Å². The number of carbonyl (C=O) groups is 1. The second-order valence-corrected chi connectivity index (χ2v) is 11.6. The summed E-state index contributed by atoms with van der Waals surface area (Å²) in [6.45, 7) is 2.69. The third kappa shape index (κ3) is 3.77. The van der Waals surface area contributed by atoms with Crippen molar-refractivity contribution in [3.05, 3.63) is 0 Å². The minimum atomic E-state index is 0.000880. The first-order valence-corrected chi connectivity index (χ1v) is 12.2. The number of rotatable bonds is 6. The largest absolute Gasteiger partial charge is 0.367 e. The second kappa shape index (κ2) is 7.15. The maximum Gasteiger partial charge on any atom is 0.159 e. The van der Waals surface area contributed by atoms with Gasteiger partial charge in [0.1, 0.15) is 6.61 Å². The molecule has 6 rings (SSSR count). The smallest absolute Gasteiger partial charge is 0.159 e. The molecule has 2 nitrogen and oxygen atoms in total. The van der Waals surface area contributed by atoms with Crippen LogP contribution >= 0.6 is 0 Å². The van der Waals surface area contributed by atoms with Gasteiger partial charge in [0.05, 0.1) is 5.60 Å². The topological polar surface area (TPSA) is 26.3 Å². The highest BCUT2D eigenvalue weighted by molar-refractivity contribution is 5.80. The van der Waals surface area contributed by atoms with Crippen LogP contribution in [-0.2, 0) is 9.53 Å². The molecule has 2 heteroatoms. The van der Waals surface area contributed by atoms with E-state index < -0.39 is 0 Å². The summed E-state index contributed by atoms with van der Waals surface area (Å²) < 4.78 is 6.53. The van der Waals surface area contributed by atoms with Gasteiger partial charge in [0.25, 0.3) is 0 Å². The highest BCUT2D eigenvalue weighted by Gasteiger charge is 2.51. The van der Waals surface area contributed by atoms with Crippen molar-refractivity contribution in [2.75, 3.05) is 6.61 Å². The summed E-state index contributed by atoms with van der Waals surface area (Å²) in [6.07, 6.45) is 19.7. The molecular formula is C25H40O2. The van der Waals surface area contributed by atoms with Gasteiger partial charge in [-0.2, -0.15) is 0 Å². The van der Waals surface area contributed by atoms with Gasteiger partial charge < -0.3 is 4.74 Å². The van der Waals surface area contributed by atoms with E-state index in [1.165, 1.54) is 83.5 Å². The Bertz CT molecular complexity index is 531. The van der Waals surface area contributed by atoms with E-state index in [-0.39, 0.29) is 5.60 Å². The molecule has 0 aromatic heterocycles. The Morgan fingerprint density at radius 2 is 1.48 bits per heavy atom. The van der Waals surface area contributed by atoms with Crippen molar-refractivity contribution in [2.24, 2.45) is 35.0 Å². The molecule has 0 aliphatic heterocycles. The lowest BCUT2D eigenvalue weighted by Gasteiger charge is -2.56. The lowest BCUT2D eigenvalue weighted by atomic mass is 9.48. The van der Waals surface area contributed by atoms with Crippen molar-refractivity contribution in [1.82, 2.24) is 0 Å². The quantitative estimate of drug-likeness (QED) is 0.545. The number of hydrogen-bond acceptors (Lipinski definition) is 2. The van der Waals surface area contributed by atoms with E-state index in [0.29, 0.717) is 17.8 Å². The Morgan fingerprint density at radius 1 is 0.852 bits per heavy atom. The van der Waals surface area contributed by atoms with Crippen molar-refractivity contribution < 1.29 is 9.53 Å². The Kier molecular flexibility index (Phi) is 4.94. The van der Waals surface area contributed by atoms with Gasteiger partial charge in [-0.05, 0) is 106 Å². The number of fused-ring (bicyclic) bond motifs is 2. The fourth-order valence-electron chi connectivity index (χ4n) is 8.71. The molecule has 6 aliphatic rings. The van der Waals surface area contributed by atoms with Crippen molar-refractivity contribution >= 4 is 5.78 Å². The minimum absolute atomic E-state index is 0.000880. The van der Waals surface area contributed by atoms with Crippen LogP contribution < -0.4 is 0 Å². The third-order valence-corrected chi connectivity index (χ3v) is 9.48. The van der Waals surface area contributed by atoms with E-state index >= 15 is 0 Å². The predicted octanol–water partition coefficient (Wildman–Crippen LogP) is 6.32. The number of Topliss-reactive ketones (excluding diaryl/α,β-unsaturated/α-hetero) is 1. The Labute approximate surface area is 166 Å². The molecule has 6 aliphatic carbocycles. The van der Waals surface area contributed by atoms with E-state index in [4.69, 9.17) is 4.74 Å². The standard InChI is InChI=1S/C25H40O2/c1-2-25(7-6-18-4-3-5-19(8-18)15-25)27-17-23(26)16-24-12-20-9-21(13-24)11-22(10-20)14-24/h18-22H,2-17H2,1H3/t18-,19-,20?,21?,22?,24?,25-/m0/s1. The number of ketones is 1. The first kappa shape index (κ1) is 18.6. The summed E-state index contributed by atoms with van der Waals surface area (Å²) in [6, 6.07) is 0. The van der Waals surface area contributed by atoms with Gasteiger partial charge in [0, 0.05) is 6.42 Å². The molecule has 0 aromatic rings. The number of carbonyl (C=O) groups excluding carboxylic acids is 1. The maximum atomic E-state index is 13.0. The molecule has 152 valence electrons. The molecule has 0 radical (unpaired) electrons. The molecule has 6 fully saturated rings. The van der Waals surface area contributed by atoms with Gasteiger partial charge in [-0.25, -0.2) is 0 Å². The van der Waals surface area contributed by atoms with Crippen LogP contribution in [0.15, 0.2) is 0 Å². The van der Waals surface area contributed by atoms with Gasteiger partial charge in [0.2, 0.25) is 0 Å². The summed E-state index contributed by atoms with van der Waals surface area (Å²) >= 11 is 0. The molecular weight excluding hydrogens is 332 g/mol. The molecule has 6 saturated carbocycles. The molecule has 0 spiro atoms. The van der Waals surface area contributed by atoms with Gasteiger partial charge in [-0.3, -0.25) is 4.79 Å². The molecule has 0 unspecified atom stereocenters. The monoisotopic (exact) mass is 372 g/mol. The summed E-state index contributed by atoms with van der Waals surface area (Å²) in [5, 5.41) is 0. The molecule has 0 heterocycles. The normalized spacial score (nSPS) is 48.4. The third-order valence-electron chi connectivity index (χ3n) is 9.48. The van der Waals surface area contributed by atoms with Crippen LogP contribution in [0.1, 0.15) is 103 Å². The summed E-state index contributed by atoms with van der Waals surface area (Å²) in [5.41, 5.74) is 0.370. The second-order valence-electron chi connectivity index (χ2n) is 11.6. The van der Waals surface area contributed by atoms with Crippen molar-refractivity contribution in [1.29, 1.82) is 0 Å². The van der Waals surface area contributed by atoms with Gasteiger partial charge in [0.15, 0.2) is 5.78 Å². The van der Waals surface area contributed by atoms with E-state index in [9.17, 15) is 4.79 Å². The van der Waals surface area contributed by atoms with Crippen molar-refractivity contribution in [2.45, 2.75) is 109 Å². The van der Waals surface area contributed by atoms with E-state index in [1.54, 1.807) is 0 Å². The first-order valence-electron chi connectivity index (χ1n) is 12.2. The van der Waals surface area contributed by atoms with Crippen LogP contribution in [0.3, 0.4) is 0 Å². The van der Waals surface area contributed by atoms with Gasteiger partial charge >= 0.3 is 0 Å². The first-order chi connectivity index (χ1) is 13.1. The van der Waals surface area contributed by atoms with Crippen LogP contribution in [0.2, 0.25) is 0 Å². The minimum Gasteiger partial charge on any atom is -0.367 e. The average molecular weight is 373 g/mol. The van der Waals surface area contributed by atoms with Crippen LogP contribution in [0.5, 0.6) is 0 Å². The molecule has 6 bridgehead atoms. The lowest BCUT2D eigenvalue weighted by molar-refractivity contribution is -0.141. The van der Waals surface area contributed by atoms with Crippen LogP contribution in [0, 0.1) is 35.0 Å². The van der Waals surface area contributed by atoms with E-state index in [2.05, 4.69) is 6.92 Å². The van der Waals surface area contributed by atoms with Crippen LogP contribution in [-0.4, -0.2) is 18.0 Å². The zero-order valence-electron chi connectivity index (χ0n) is 17.5. The Balaban J connectivity index is 1.20. The summed E-state index contributed by atoms with van der Waals surface area (Å²) in [7, 11) is 0. The van der Waals surface area contributed by atoms with E-state index in [0.717, 1.165) is 42.4 Å². The molecule has 0 N–H and O–H groups in total. The maximum absolute atomic E-state index is 13.0. The zero-order chi connectivity index (χ0) is 18.5. The fourth-order valence-corrected chi connectivity index (χ4v) is 8.71. The number of ether oxygens (including phenoxy) is 1. The number of hydrogen-bond donors (Lipinski definition) is 0. The molecule has 3 atom stereocenters. The molecule has 27 heavy (non-hydrogen) atoms. The van der Waals surface area contributed by atoms with Gasteiger partial charge in [-0.1, -0.05) is 26.2 Å². The van der Waals surface area contributed by atoms with Gasteiger partial charge in [-0.15, -0.1) is 0 Å². The molecule has 0 aromatic carbocycles. The highest BCUT2D eigenvalue weighted by atomic mass is 16.5. The Hall–Kier alpha value is -0.370. The summed E-state index contributed by atoms with van der Waals surface area (Å²) in [5.74, 6) is 5.01.